The van der Waals surface area contributed by atoms with Gasteiger partial charge in [-0.1, -0.05) is 42.0 Å². The Labute approximate surface area is 206 Å². The number of nitrogens with one attached hydrogen (secondary N) is 1. The standard InChI is InChI=1S/C29H33N3O3/c1-21-15-16-26(22(2)20-21)35-19-9-18-32-25-12-6-5-11-24(25)31-28(32)14-8-17-30-29(33)23-10-4-7-13-27(23)34-3/h4-7,10-13,15-16,20H,8-9,14,17-19H2,1-3H3,(H,30,33). The van der Waals surface area contributed by atoms with Crippen molar-refractivity contribution in [3.8, 4) is 11.5 Å². The molecule has 0 fully saturated rings. The van der Waals surface area contributed by atoms with Crippen molar-refractivity contribution in [1.82, 2.24) is 14.9 Å². The molecule has 0 aliphatic carbocycles. The molecule has 1 heterocycles. The van der Waals surface area contributed by atoms with Gasteiger partial charge in [0.15, 0.2) is 0 Å². The Kier molecular flexibility index (Phi) is 8.03. The molecular formula is C29H33N3O3. The van der Waals surface area contributed by atoms with Crippen LogP contribution in [0.15, 0.2) is 66.7 Å². The van der Waals surface area contributed by atoms with Gasteiger partial charge < -0.3 is 19.4 Å². The number of fused-ring (bicyclic) bond motifs is 1. The van der Waals surface area contributed by atoms with Crippen LogP contribution in [-0.4, -0.2) is 35.7 Å². The Bertz CT molecular complexity index is 1300. The molecule has 0 spiro atoms. The number of ether oxygens (including phenoxy) is 2. The summed E-state index contributed by atoms with van der Waals surface area (Å²) < 4.78 is 13.6. The van der Waals surface area contributed by atoms with Crippen molar-refractivity contribution in [2.45, 2.75) is 39.7 Å². The first kappa shape index (κ1) is 24.3. The lowest BCUT2D eigenvalue weighted by molar-refractivity contribution is 0.0950. The molecule has 1 aromatic heterocycles. The number of carbonyl (C=O) groups is 1. The number of rotatable bonds is 11. The van der Waals surface area contributed by atoms with Crippen LogP contribution < -0.4 is 14.8 Å². The van der Waals surface area contributed by atoms with Crippen LogP contribution in [-0.2, 0) is 13.0 Å². The van der Waals surface area contributed by atoms with Gasteiger partial charge in [0, 0.05) is 19.5 Å². The third-order valence-electron chi connectivity index (χ3n) is 6.06. The second kappa shape index (κ2) is 11.6. The molecule has 0 unspecified atom stereocenters. The third-order valence-corrected chi connectivity index (χ3v) is 6.06. The van der Waals surface area contributed by atoms with Gasteiger partial charge >= 0.3 is 0 Å². The average molecular weight is 472 g/mol. The number of aromatic nitrogens is 2. The lowest BCUT2D eigenvalue weighted by atomic mass is 10.1. The van der Waals surface area contributed by atoms with Crippen molar-refractivity contribution in [1.29, 1.82) is 0 Å². The Morgan fingerprint density at radius 1 is 0.971 bits per heavy atom. The zero-order chi connectivity index (χ0) is 24.6. The summed E-state index contributed by atoms with van der Waals surface area (Å²) in [4.78, 5) is 17.4. The van der Waals surface area contributed by atoms with Gasteiger partial charge in [-0.05, 0) is 62.6 Å². The van der Waals surface area contributed by atoms with Gasteiger partial charge in [0.1, 0.15) is 17.3 Å². The molecule has 0 aliphatic heterocycles. The predicted octanol–water partition coefficient (Wildman–Crippen LogP) is 5.49. The van der Waals surface area contributed by atoms with Crippen LogP contribution in [0, 0.1) is 13.8 Å². The minimum atomic E-state index is -0.125. The van der Waals surface area contributed by atoms with Crippen LogP contribution in [0.3, 0.4) is 0 Å². The van der Waals surface area contributed by atoms with Gasteiger partial charge in [0.25, 0.3) is 5.91 Å². The lowest BCUT2D eigenvalue weighted by Gasteiger charge is -2.12. The SMILES string of the molecule is COc1ccccc1C(=O)NCCCc1nc2ccccc2n1CCCOc1ccc(C)cc1C. The van der Waals surface area contributed by atoms with Crippen LogP contribution in [0.25, 0.3) is 11.0 Å². The van der Waals surface area contributed by atoms with E-state index in [-0.39, 0.29) is 5.91 Å². The van der Waals surface area contributed by atoms with E-state index < -0.39 is 0 Å². The van der Waals surface area contributed by atoms with E-state index in [4.69, 9.17) is 14.5 Å². The van der Waals surface area contributed by atoms with E-state index in [0.29, 0.717) is 24.5 Å². The molecule has 4 rings (SSSR count). The fourth-order valence-corrected chi connectivity index (χ4v) is 4.31. The molecule has 6 heteroatoms. The minimum Gasteiger partial charge on any atom is -0.496 e. The van der Waals surface area contributed by atoms with Gasteiger partial charge in [-0.15, -0.1) is 0 Å². The molecular weight excluding hydrogens is 438 g/mol. The highest BCUT2D eigenvalue weighted by molar-refractivity contribution is 5.96. The van der Waals surface area contributed by atoms with Crippen molar-refractivity contribution in [3.05, 3.63) is 89.2 Å². The summed E-state index contributed by atoms with van der Waals surface area (Å²) in [5, 5.41) is 3.00. The van der Waals surface area contributed by atoms with Crippen molar-refractivity contribution < 1.29 is 14.3 Å². The fourth-order valence-electron chi connectivity index (χ4n) is 4.31. The quantitative estimate of drug-likeness (QED) is 0.294. The van der Waals surface area contributed by atoms with E-state index in [9.17, 15) is 4.79 Å². The van der Waals surface area contributed by atoms with Crippen molar-refractivity contribution in [3.63, 3.8) is 0 Å². The fraction of sp³-hybridized carbons (Fsp3) is 0.310. The van der Waals surface area contributed by atoms with E-state index in [2.05, 4.69) is 41.9 Å². The topological polar surface area (TPSA) is 65.4 Å². The molecule has 0 saturated heterocycles. The molecule has 1 N–H and O–H groups in total. The maximum Gasteiger partial charge on any atom is 0.255 e. The Morgan fingerprint density at radius 3 is 2.60 bits per heavy atom. The number of para-hydroxylation sites is 3. The summed E-state index contributed by atoms with van der Waals surface area (Å²) in [6, 6.07) is 21.7. The third kappa shape index (κ3) is 6.01. The van der Waals surface area contributed by atoms with Gasteiger partial charge in [-0.3, -0.25) is 4.79 Å². The molecule has 35 heavy (non-hydrogen) atoms. The van der Waals surface area contributed by atoms with Crippen LogP contribution in [0.4, 0.5) is 0 Å². The molecule has 0 saturated carbocycles. The summed E-state index contributed by atoms with van der Waals surface area (Å²) in [6.45, 7) is 6.21. The average Bonchev–Trinajstić information content (AvgIpc) is 3.22. The van der Waals surface area contributed by atoms with E-state index in [1.807, 2.05) is 36.4 Å². The van der Waals surface area contributed by atoms with Gasteiger partial charge in [0.05, 0.1) is 30.3 Å². The Morgan fingerprint density at radius 2 is 1.77 bits per heavy atom. The molecule has 3 aromatic carbocycles. The van der Waals surface area contributed by atoms with Crippen LogP contribution >= 0.6 is 0 Å². The van der Waals surface area contributed by atoms with Gasteiger partial charge in [-0.25, -0.2) is 4.98 Å². The number of aryl methyl sites for hydroxylation is 4. The summed E-state index contributed by atoms with van der Waals surface area (Å²) in [6.07, 6.45) is 2.45. The second-order valence-electron chi connectivity index (χ2n) is 8.70. The first-order valence-electron chi connectivity index (χ1n) is 12.1. The van der Waals surface area contributed by atoms with E-state index in [0.717, 1.165) is 54.0 Å². The number of imidazole rings is 1. The Balaban J connectivity index is 1.34. The molecule has 4 aromatic rings. The highest BCUT2D eigenvalue weighted by Gasteiger charge is 2.13. The molecule has 0 radical (unpaired) electrons. The molecule has 6 nitrogen and oxygen atoms in total. The van der Waals surface area contributed by atoms with Gasteiger partial charge in [0.2, 0.25) is 0 Å². The maximum absolute atomic E-state index is 12.6. The second-order valence-corrected chi connectivity index (χ2v) is 8.70. The largest absolute Gasteiger partial charge is 0.496 e. The molecule has 182 valence electrons. The molecule has 0 atom stereocenters. The van der Waals surface area contributed by atoms with E-state index in [1.54, 1.807) is 19.2 Å². The molecule has 0 bridgehead atoms. The predicted molar refractivity (Wildman–Crippen MR) is 139 cm³/mol. The highest BCUT2D eigenvalue weighted by atomic mass is 16.5. The van der Waals surface area contributed by atoms with Crippen molar-refractivity contribution in [2.24, 2.45) is 0 Å². The zero-order valence-electron chi connectivity index (χ0n) is 20.7. The maximum atomic E-state index is 12.6. The normalized spacial score (nSPS) is 10.9. The number of hydrogen-bond donors (Lipinski definition) is 1. The lowest BCUT2D eigenvalue weighted by Crippen LogP contribution is -2.25. The number of benzene rings is 3. The van der Waals surface area contributed by atoms with Gasteiger partial charge in [-0.2, -0.15) is 0 Å². The number of nitrogens with zero attached hydrogens (tertiary/aromatic N) is 2. The van der Waals surface area contributed by atoms with E-state index in [1.165, 1.54) is 5.56 Å². The van der Waals surface area contributed by atoms with E-state index >= 15 is 0 Å². The summed E-state index contributed by atoms with van der Waals surface area (Å²) in [5.41, 5.74) is 5.08. The molecule has 0 aliphatic rings. The highest BCUT2D eigenvalue weighted by Crippen LogP contribution is 2.21. The van der Waals surface area contributed by atoms with Crippen LogP contribution in [0.5, 0.6) is 11.5 Å². The van der Waals surface area contributed by atoms with Crippen molar-refractivity contribution >= 4 is 16.9 Å². The summed E-state index contributed by atoms with van der Waals surface area (Å²) in [7, 11) is 1.57. The Hall–Kier alpha value is -3.80. The van der Waals surface area contributed by atoms with Crippen molar-refractivity contribution in [2.75, 3.05) is 20.3 Å². The first-order chi connectivity index (χ1) is 17.1. The number of carbonyl (C=O) groups excluding carboxylic acids is 1. The molecule has 1 amide bonds. The first-order valence-corrected chi connectivity index (χ1v) is 12.1. The minimum absolute atomic E-state index is 0.125. The smallest absolute Gasteiger partial charge is 0.255 e. The number of methoxy groups -OCH3 is 1. The van der Waals surface area contributed by atoms with Crippen LogP contribution in [0.2, 0.25) is 0 Å². The number of amides is 1. The monoisotopic (exact) mass is 471 g/mol. The summed E-state index contributed by atoms with van der Waals surface area (Å²) >= 11 is 0. The van der Waals surface area contributed by atoms with Crippen LogP contribution in [0.1, 0.15) is 40.2 Å². The number of hydrogen-bond acceptors (Lipinski definition) is 4. The zero-order valence-corrected chi connectivity index (χ0v) is 20.7. The summed E-state index contributed by atoms with van der Waals surface area (Å²) in [5.74, 6) is 2.43.